The largest absolute Gasteiger partial charge is 0.409 e. The summed E-state index contributed by atoms with van der Waals surface area (Å²) in [6, 6.07) is 8.94. The van der Waals surface area contributed by atoms with E-state index in [-0.39, 0.29) is 11.7 Å². The molecule has 0 atom stereocenters. The lowest BCUT2D eigenvalue weighted by molar-refractivity contribution is -0.115. The zero-order valence-electron chi connectivity index (χ0n) is 10.3. The van der Waals surface area contributed by atoms with E-state index in [9.17, 15) is 4.79 Å². The number of thiophene rings is 1. The van der Waals surface area contributed by atoms with Gasteiger partial charge in [-0.3, -0.25) is 4.79 Å². The van der Waals surface area contributed by atoms with Gasteiger partial charge in [-0.05, 0) is 29.6 Å². The van der Waals surface area contributed by atoms with Crippen LogP contribution >= 0.6 is 27.3 Å². The minimum Gasteiger partial charge on any atom is -0.409 e. The Balaban J connectivity index is 2.18. The van der Waals surface area contributed by atoms with Crippen molar-refractivity contribution in [1.29, 1.82) is 0 Å². The number of benzene rings is 1. The lowest BCUT2D eigenvalue weighted by Gasteiger charge is -2.10. The topological polar surface area (TPSA) is 87.7 Å². The zero-order chi connectivity index (χ0) is 14.5. The number of nitrogens with two attached hydrogens (primary N) is 1. The van der Waals surface area contributed by atoms with Crippen LogP contribution in [0, 0.1) is 0 Å². The number of nitrogens with one attached hydrogen (secondary N) is 1. The Kier molecular flexibility index (Phi) is 4.75. The lowest BCUT2D eigenvalue weighted by Crippen LogP contribution is -2.20. The van der Waals surface area contributed by atoms with E-state index < -0.39 is 0 Å². The Bertz CT molecular complexity index is 641. The fraction of sp³-hybridized carbons (Fsp3) is 0.0769. The van der Waals surface area contributed by atoms with E-state index in [1.807, 2.05) is 17.5 Å². The van der Waals surface area contributed by atoms with Gasteiger partial charge in [0.25, 0.3) is 0 Å². The molecule has 0 bridgehead atoms. The molecule has 20 heavy (non-hydrogen) atoms. The van der Waals surface area contributed by atoms with E-state index in [0.717, 1.165) is 9.35 Å². The molecule has 1 aromatic carbocycles. The van der Waals surface area contributed by atoms with Gasteiger partial charge in [0, 0.05) is 14.9 Å². The third-order valence-corrected chi connectivity index (χ3v) is 3.92. The second-order valence-electron chi connectivity index (χ2n) is 3.98. The summed E-state index contributed by atoms with van der Waals surface area (Å²) in [5, 5.41) is 16.4. The Labute approximate surface area is 128 Å². The van der Waals surface area contributed by atoms with Crippen molar-refractivity contribution in [3.05, 3.63) is 50.6 Å². The third kappa shape index (κ3) is 3.58. The van der Waals surface area contributed by atoms with Crippen LogP contribution in [-0.2, 0) is 11.2 Å². The lowest BCUT2D eigenvalue weighted by atomic mass is 10.1. The standard InChI is InChI=1S/C13H12BrN3O2S/c14-8-3-4-11(10(6-8)13(15)17-19)16-12(18)7-9-2-1-5-20-9/h1-6,19H,7H2,(H2,15,17)(H,16,18). The van der Waals surface area contributed by atoms with Crippen molar-refractivity contribution in [2.24, 2.45) is 10.9 Å². The number of carbonyl (C=O) groups excluding carboxylic acids is 1. The van der Waals surface area contributed by atoms with Crippen LogP contribution in [0.25, 0.3) is 0 Å². The number of hydrogen-bond donors (Lipinski definition) is 3. The van der Waals surface area contributed by atoms with Gasteiger partial charge < -0.3 is 16.3 Å². The molecule has 0 saturated carbocycles. The summed E-state index contributed by atoms with van der Waals surface area (Å²) in [7, 11) is 0. The van der Waals surface area contributed by atoms with Crippen LogP contribution in [0.5, 0.6) is 0 Å². The van der Waals surface area contributed by atoms with E-state index in [0.29, 0.717) is 17.7 Å². The molecule has 0 spiro atoms. The molecule has 0 radical (unpaired) electrons. The van der Waals surface area contributed by atoms with Crippen LogP contribution in [0.1, 0.15) is 10.4 Å². The highest BCUT2D eigenvalue weighted by molar-refractivity contribution is 9.10. The third-order valence-electron chi connectivity index (χ3n) is 2.55. The van der Waals surface area contributed by atoms with Crippen molar-refractivity contribution in [3.8, 4) is 0 Å². The fourth-order valence-electron chi connectivity index (χ4n) is 1.66. The molecule has 1 heterocycles. The maximum absolute atomic E-state index is 12.0. The maximum Gasteiger partial charge on any atom is 0.229 e. The molecule has 0 aliphatic heterocycles. The maximum atomic E-state index is 12.0. The molecular formula is C13H12BrN3O2S. The summed E-state index contributed by atoms with van der Waals surface area (Å²) < 4.78 is 0.773. The van der Waals surface area contributed by atoms with Crippen LogP contribution in [0.4, 0.5) is 5.69 Å². The molecule has 1 aromatic heterocycles. The predicted octanol–water partition coefficient (Wildman–Crippen LogP) is 2.79. The zero-order valence-corrected chi connectivity index (χ0v) is 12.7. The number of hydrogen-bond acceptors (Lipinski definition) is 4. The summed E-state index contributed by atoms with van der Waals surface area (Å²) >= 11 is 4.83. The molecule has 0 aliphatic carbocycles. The molecule has 0 aliphatic rings. The highest BCUT2D eigenvalue weighted by atomic mass is 79.9. The second kappa shape index (κ2) is 6.53. The number of amidine groups is 1. The van der Waals surface area contributed by atoms with Crippen LogP contribution in [0.3, 0.4) is 0 Å². The number of carbonyl (C=O) groups is 1. The van der Waals surface area contributed by atoms with Gasteiger partial charge in [-0.15, -0.1) is 11.3 Å². The average Bonchev–Trinajstić information content (AvgIpc) is 2.92. The first kappa shape index (κ1) is 14.5. The monoisotopic (exact) mass is 353 g/mol. The quantitative estimate of drug-likeness (QED) is 0.341. The summed E-state index contributed by atoms with van der Waals surface area (Å²) in [5.41, 5.74) is 6.57. The summed E-state index contributed by atoms with van der Waals surface area (Å²) in [6.07, 6.45) is 0.295. The number of oxime groups is 1. The van der Waals surface area contributed by atoms with Crippen molar-refractivity contribution in [2.45, 2.75) is 6.42 Å². The van der Waals surface area contributed by atoms with Crippen LogP contribution in [0.15, 0.2) is 45.3 Å². The van der Waals surface area contributed by atoms with Gasteiger partial charge in [0.2, 0.25) is 5.91 Å². The van der Waals surface area contributed by atoms with Gasteiger partial charge in [-0.1, -0.05) is 27.2 Å². The summed E-state index contributed by atoms with van der Waals surface area (Å²) in [4.78, 5) is 12.9. The molecular weight excluding hydrogens is 342 g/mol. The summed E-state index contributed by atoms with van der Waals surface area (Å²) in [6.45, 7) is 0. The first-order valence-corrected chi connectivity index (χ1v) is 7.37. The smallest absolute Gasteiger partial charge is 0.229 e. The molecule has 7 heteroatoms. The molecule has 0 unspecified atom stereocenters. The molecule has 0 fully saturated rings. The van der Waals surface area contributed by atoms with Gasteiger partial charge in [0.15, 0.2) is 5.84 Å². The SMILES string of the molecule is N/C(=N/O)c1cc(Br)ccc1NC(=O)Cc1cccs1. The Morgan fingerprint density at radius 2 is 2.25 bits per heavy atom. The molecule has 2 rings (SSSR count). The fourth-order valence-corrected chi connectivity index (χ4v) is 2.72. The van der Waals surface area contributed by atoms with Crippen LogP contribution < -0.4 is 11.1 Å². The number of amides is 1. The van der Waals surface area contributed by atoms with Crippen molar-refractivity contribution in [3.63, 3.8) is 0 Å². The Morgan fingerprint density at radius 1 is 1.45 bits per heavy atom. The molecule has 5 nitrogen and oxygen atoms in total. The van der Waals surface area contributed by atoms with Crippen LogP contribution in [-0.4, -0.2) is 17.0 Å². The van der Waals surface area contributed by atoms with Gasteiger partial charge in [-0.2, -0.15) is 0 Å². The number of nitrogens with zero attached hydrogens (tertiary/aromatic N) is 1. The predicted molar refractivity (Wildman–Crippen MR) is 83.3 cm³/mol. The normalized spacial score (nSPS) is 11.3. The molecule has 0 saturated heterocycles. The van der Waals surface area contributed by atoms with Crippen molar-refractivity contribution in [1.82, 2.24) is 0 Å². The van der Waals surface area contributed by atoms with Crippen molar-refractivity contribution >= 4 is 44.7 Å². The van der Waals surface area contributed by atoms with E-state index in [1.54, 1.807) is 18.2 Å². The number of rotatable bonds is 4. The first-order valence-electron chi connectivity index (χ1n) is 5.70. The molecule has 104 valence electrons. The number of halogens is 1. The number of anilines is 1. The van der Waals surface area contributed by atoms with E-state index >= 15 is 0 Å². The van der Waals surface area contributed by atoms with Gasteiger partial charge in [0.05, 0.1) is 12.1 Å². The van der Waals surface area contributed by atoms with E-state index in [2.05, 4.69) is 26.4 Å². The van der Waals surface area contributed by atoms with Crippen molar-refractivity contribution < 1.29 is 10.0 Å². The highest BCUT2D eigenvalue weighted by Gasteiger charge is 2.11. The average molecular weight is 354 g/mol. The van der Waals surface area contributed by atoms with Crippen LogP contribution in [0.2, 0.25) is 0 Å². The Morgan fingerprint density at radius 3 is 2.90 bits per heavy atom. The highest BCUT2D eigenvalue weighted by Crippen LogP contribution is 2.21. The minimum atomic E-state index is -0.151. The molecule has 2 aromatic rings. The van der Waals surface area contributed by atoms with E-state index in [4.69, 9.17) is 10.9 Å². The minimum absolute atomic E-state index is 0.0577. The molecule has 4 N–H and O–H groups in total. The van der Waals surface area contributed by atoms with Gasteiger partial charge in [0.1, 0.15) is 0 Å². The van der Waals surface area contributed by atoms with Gasteiger partial charge >= 0.3 is 0 Å². The first-order chi connectivity index (χ1) is 9.60. The molecule has 1 amide bonds. The second-order valence-corrected chi connectivity index (χ2v) is 5.93. The van der Waals surface area contributed by atoms with Crippen molar-refractivity contribution in [2.75, 3.05) is 5.32 Å². The Hall–Kier alpha value is -1.86. The van der Waals surface area contributed by atoms with E-state index in [1.165, 1.54) is 11.3 Å². The van der Waals surface area contributed by atoms with Gasteiger partial charge in [-0.25, -0.2) is 0 Å². The summed E-state index contributed by atoms with van der Waals surface area (Å²) in [5.74, 6) is -0.209.